The number of hydrogen-bond acceptors (Lipinski definition) is 4. The second-order valence-corrected chi connectivity index (χ2v) is 9.14. The van der Waals surface area contributed by atoms with Crippen molar-refractivity contribution in [1.29, 1.82) is 0 Å². The summed E-state index contributed by atoms with van der Waals surface area (Å²) < 4.78 is 34.0. The van der Waals surface area contributed by atoms with E-state index >= 15 is 0 Å². The van der Waals surface area contributed by atoms with E-state index in [2.05, 4.69) is 5.32 Å². The molecule has 1 aliphatic heterocycles. The number of para-hydroxylation sites is 1. The van der Waals surface area contributed by atoms with Crippen LogP contribution in [0.2, 0.25) is 0 Å². The number of sulfonamides is 1. The Morgan fingerprint density at radius 2 is 1.63 bits per heavy atom. The summed E-state index contributed by atoms with van der Waals surface area (Å²) in [5, 5.41) is 2.79. The molecule has 0 unspecified atom stereocenters. The fraction of sp³-hybridized carbons (Fsp3) is 0.174. The number of rotatable bonds is 4. The van der Waals surface area contributed by atoms with Crippen LogP contribution in [0.5, 0.6) is 5.75 Å². The predicted molar refractivity (Wildman–Crippen MR) is 116 cm³/mol. The highest BCUT2D eigenvalue weighted by Gasteiger charge is 2.37. The molecule has 0 saturated heterocycles. The predicted octanol–water partition coefficient (Wildman–Crippen LogP) is 3.90. The van der Waals surface area contributed by atoms with E-state index in [-0.39, 0.29) is 11.4 Å². The van der Waals surface area contributed by atoms with Crippen molar-refractivity contribution in [3.63, 3.8) is 0 Å². The van der Waals surface area contributed by atoms with Gasteiger partial charge in [-0.25, -0.2) is 8.42 Å². The maximum absolute atomic E-state index is 13.4. The maximum Gasteiger partial charge on any atom is 0.267 e. The molecule has 4 rings (SSSR count). The molecule has 0 radical (unpaired) electrons. The van der Waals surface area contributed by atoms with Crippen molar-refractivity contribution in [3.8, 4) is 5.75 Å². The standard InChI is InChI=1S/C23H22N2O4S/c1-16-8-11-19(12-9-16)30(27,28)25-15-22(23(26)24-18-6-4-3-5-7-18)29-21-14-17(2)10-13-20(21)25/h3-14,22H,15H2,1-2H3,(H,24,26)/t22-/m1/s1. The molecule has 0 saturated carbocycles. The van der Waals surface area contributed by atoms with E-state index in [1.807, 2.05) is 38.1 Å². The van der Waals surface area contributed by atoms with Gasteiger partial charge in [0.05, 0.1) is 17.1 Å². The Morgan fingerprint density at radius 1 is 0.967 bits per heavy atom. The van der Waals surface area contributed by atoms with Gasteiger partial charge in [-0.3, -0.25) is 9.10 Å². The van der Waals surface area contributed by atoms with Crippen LogP contribution >= 0.6 is 0 Å². The van der Waals surface area contributed by atoms with Crippen molar-refractivity contribution in [2.45, 2.75) is 24.8 Å². The van der Waals surface area contributed by atoms with E-state index in [0.29, 0.717) is 17.1 Å². The molecule has 6 nitrogen and oxygen atoms in total. The van der Waals surface area contributed by atoms with E-state index in [1.165, 1.54) is 4.31 Å². The number of benzene rings is 3. The highest BCUT2D eigenvalue weighted by atomic mass is 32.2. The summed E-state index contributed by atoms with van der Waals surface area (Å²) in [6.45, 7) is 3.66. The van der Waals surface area contributed by atoms with Gasteiger partial charge < -0.3 is 10.1 Å². The number of aryl methyl sites for hydroxylation is 2. The van der Waals surface area contributed by atoms with Gasteiger partial charge >= 0.3 is 0 Å². The summed E-state index contributed by atoms with van der Waals surface area (Å²) in [5.41, 5.74) is 2.91. The topological polar surface area (TPSA) is 75.7 Å². The van der Waals surface area contributed by atoms with Gasteiger partial charge in [-0.1, -0.05) is 42.0 Å². The molecule has 0 spiro atoms. The third kappa shape index (κ3) is 3.89. The van der Waals surface area contributed by atoms with E-state index in [1.54, 1.807) is 48.5 Å². The summed E-state index contributed by atoms with van der Waals surface area (Å²) in [6, 6.07) is 20.9. The number of ether oxygens (including phenoxy) is 1. The quantitative estimate of drug-likeness (QED) is 0.692. The molecule has 0 aliphatic carbocycles. The summed E-state index contributed by atoms with van der Waals surface area (Å²) in [7, 11) is -3.87. The van der Waals surface area contributed by atoms with Gasteiger partial charge in [-0.15, -0.1) is 0 Å². The molecule has 1 amide bonds. The Labute approximate surface area is 176 Å². The molecule has 7 heteroatoms. The van der Waals surface area contributed by atoms with Crippen LogP contribution in [-0.4, -0.2) is 27.0 Å². The van der Waals surface area contributed by atoms with Crippen LogP contribution in [0.1, 0.15) is 11.1 Å². The van der Waals surface area contributed by atoms with Gasteiger partial charge in [0, 0.05) is 5.69 Å². The van der Waals surface area contributed by atoms with E-state index in [0.717, 1.165) is 11.1 Å². The van der Waals surface area contributed by atoms with Gasteiger partial charge in [0.2, 0.25) is 0 Å². The average Bonchev–Trinajstić information content (AvgIpc) is 2.73. The Balaban J connectivity index is 1.70. The van der Waals surface area contributed by atoms with Crippen molar-refractivity contribution in [1.82, 2.24) is 0 Å². The highest BCUT2D eigenvalue weighted by molar-refractivity contribution is 7.92. The Kier molecular flexibility index (Phi) is 5.22. The zero-order chi connectivity index (χ0) is 21.3. The van der Waals surface area contributed by atoms with Crippen LogP contribution in [0.4, 0.5) is 11.4 Å². The molecule has 154 valence electrons. The van der Waals surface area contributed by atoms with Crippen molar-refractivity contribution in [2.75, 3.05) is 16.2 Å². The summed E-state index contributed by atoms with van der Waals surface area (Å²) in [5.74, 6) is -0.0392. The third-order valence-corrected chi connectivity index (χ3v) is 6.72. The lowest BCUT2D eigenvalue weighted by Crippen LogP contribution is -2.48. The van der Waals surface area contributed by atoms with E-state index in [4.69, 9.17) is 4.74 Å². The molecular weight excluding hydrogens is 400 g/mol. The van der Waals surface area contributed by atoms with Crippen molar-refractivity contribution < 1.29 is 17.9 Å². The maximum atomic E-state index is 13.4. The smallest absolute Gasteiger partial charge is 0.267 e. The first kappa shape index (κ1) is 20.0. The molecule has 1 aliphatic rings. The molecule has 1 heterocycles. The number of hydrogen-bond donors (Lipinski definition) is 1. The Hall–Kier alpha value is -3.32. The lowest BCUT2D eigenvalue weighted by molar-refractivity contribution is -0.122. The minimum atomic E-state index is -3.87. The van der Waals surface area contributed by atoms with Crippen LogP contribution in [0.25, 0.3) is 0 Å². The average molecular weight is 423 g/mol. The number of anilines is 2. The SMILES string of the molecule is Cc1ccc(S(=O)(=O)N2C[C@H](C(=O)Nc3ccccc3)Oc3cc(C)ccc32)cc1. The minimum Gasteiger partial charge on any atom is -0.476 e. The minimum absolute atomic E-state index is 0.120. The highest BCUT2D eigenvalue weighted by Crippen LogP contribution is 2.38. The monoisotopic (exact) mass is 422 g/mol. The fourth-order valence-electron chi connectivity index (χ4n) is 3.31. The van der Waals surface area contributed by atoms with Gasteiger partial charge in [0.25, 0.3) is 15.9 Å². The second-order valence-electron chi connectivity index (χ2n) is 7.28. The zero-order valence-corrected chi connectivity index (χ0v) is 17.5. The largest absolute Gasteiger partial charge is 0.476 e. The molecule has 3 aromatic carbocycles. The number of nitrogens with one attached hydrogen (secondary N) is 1. The number of carbonyl (C=O) groups excluding carboxylic acids is 1. The van der Waals surface area contributed by atoms with Gasteiger partial charge in [-0.05, 0) is 55.8 Å². The number of nitrogens with zero attached hydrogens (tertiary/aromatic N) is 1. The summed E-state index contributed by atoms with van der Waals surface area (Å²) in [4.78, 5) is 13.0. The van der Waals surface area contributed by atoms with Gasteiger partial charge in [-0.2, -0.15) is 0 Å². The van der Waals surface area contributed by atoms with Gasteiger partial charge in [0.15, 0.2) is 6.10 Å². The van der Waals surface area contributed by atoms with Crippen molar-refractivity contribution in [2.24, 2.45) is 0 Å². The zero-order valence-electron chi connectivity index (χ0n) is 16.7. The van der Waals surface area contributed by atoms with Crippen molar-refractivity contribution >= 4 is 27.3 Å². The molecule has 1 atom stereocenters. The molecule has 30 heavy (non-hydrogen) atoms. The second kappa shape index (κ2) is 7.84. The third-order valence-electron chi connectivity index (χ3n) is 4.93. The number of fused-ring (bicyclic) bond motifs is 1. The van der Waals surface area contributed by atoms with Crippen molar-refractivity contribution in [3.05, 3.63) is 83.9 Å². The molecule has 3 aromatic rings. The molecule has 0 aromatic heterocycles. The van der Waals surface area contributed by atoms with Crippen LogP contribution in [-0.2, 0) is 14.8 Å². The molecular formula is C23H22N2O4S. The number of amides is 1. The summed E-state index contributed by atoms with van der Waals surface area (Å²) in [6.07, 6.45) is -0.986. The van der Waals surface area contributed by atoms with Crippen LogP contribution in [0.3, 0.4) is 0 Å². The Bertz CT molecular complexity index is 1180. The molecule has 1 N–H and O–H groups in total. The van der Waals surface area contributed by atoms with Crippen LogP contribution in [0, 0.1) is 13.8 Å². The molecule has 0 bridgehead atoms. The Morgan fingerprint density at radius 3 is 2.33 bits per heavy atom. The first-order valence-electron chi connectivity index (χ1n) is 9.57. The lowest BCUT2D eigenvalue weighted by atomic mass is 10.1. The normalized spacial score (nSPS) is 15.8. The fourth-order valence-corrected chi connectivity index (χ4v) is 4.78. The van der Waals surface area contributed by atoms with Crippen LogP contribution in [0.15, 0.2) is 77.7 Å². The summed E-state index contributed by atoms with van der Waals surface area (Å²) >= 11 is 0. The number of carbonyl (C=O) groups is 1. The first-order valence-corrected chi connectivity index (χ1v) is 11.0. The van der Waals surface area contributed by atoms with E-state index in [9.17, 15) is 13.2 Å². The van der Waals surface area contributed by atoms with Gasteiger partial charge in [0.1, 0.15) is 5.75 Å². The van der Waals surface area contributed by atoms with Crippen LogP contribution < -0.4 is 14.4 Å². The first-order chi connectivity index (χ1) is 14.3. The molecule has 0 fully saturated rings. The lowest BCUT2D eigenvalue weighted by Gasteiger charge is -2.35. The van der Waals surface area contributed by atoms with E-state index < -0.39 is 22.0 Å².